The summed E-state index contributed by atoms with van der Waals surface area (Å²) in [5.41, 5.74) is 2.21. The Balaban J connectivity index is 1.61. The molecule has 1 aliphatic rings. The van der Waals surface area contributed by atoms with Crippen LogP contribution in [0.15, 0.2) is 48.5 Å². The second-order valence-corrected chi connectivity index (χ2v) is 7.08. The predicted molar refractivity (Wildman–Crippen MR) is 114 cm³/mol. The lowest BCUT2D eigenvalue weighted by atomic mass is 10.1. The van der Waals surface area contributed by atoms with E-state index < -0.39 is 6.04 Å². The van der Waals surface area contributed by atoms with E-state index in [0.29, 0.717) is 37.0 Å². The Morgan fingerprint density at radius 1 is 1.13 bits per heavy atom. The average molecular weight is 408 g/mol. The van der Waals surface area contributed by atoms with Crippen molar-refractivity contribution in [3.8, 4) is 5.75 Å². The number of carbonyl (C=O) groups is 2. The SMILES string of the molecule is COCCCN1C(=O)[C@@H](CC(=O)Nc2ccccc2OC)n2c1nc1ccccc12. The maximum absolute atomic E-state index is 13.2. The molecule has 0 aliphatic carbocycles. The van der Waals surface area contributed by atoms with Gasteiger partial charge in [0.1, 0.15) is 11.8 Å². The highest BCUT2D eigenvalue weighted by molar-refractivity contribution is 6.05. The number of ether oxygens (including phenoxy) is 2. The molecule has 3 aromatic rings. The minimum Gasteiger partial charge on any atom is -0.495 e. The highest BCUT2D eigenvalue weighted by Gasteiger charge is 2.40. The molecular weight excluding hydrogens is 384 g/mol. The van der Waals surface area contributed by atoms with Gasteiger partial charge in [-0.25, -0.2) is 4.98 Å². The molecule has 8 nitrogen and oxygen atoms in total. The average Bonchev–Trinajstić information content (AvgIpc) is 3.24. The van der Waals surface area contributed by atoms with E-state index in [2.05, 4.69) is 10.3 Å². The van der Waals surface area contributed by atoms with Crippen LogP contribution < -0.4 is 15.0 Å². The molecule has 0 saturated heterocycles. The first-order valence-electron chi connectivity index (χ1n) is 9.84. The first kappa shape index (κ1) is 19.9. The summed E-state index contributed by atoms with van der Waals surface area (Å²) in [6, 6.07) is 14.2. The van der Waals surface area contributed by atoms with E-state index in [4.69, 9.17) is 9.47 Å². The Morgan fingerprint density at radius 3 is 2.70 bits per heavy atom. The first-order valence-corrected chi connectivity index (χ1v) is 9.84. The van der Waals surface area contributed by atoms with Crippen LogP contribution in [0, 0.1) is 0 Å². The van der Waals surface area contributed by atoms with Crippen molar-refractivity contribution in [2.75, 3.05) is 37.6 Å². The number of benzene rings is 2. The minimum absolute atomic E-state index is 0.00497. The molecule has 8 heteroatoms. The quantitative estimate of drug-likeness (QED) is 0.579. The van der Waals surface area contributed by atoms with E-state index in [1.165, 1.54) is 0 Å². The molecule has 2 heterocycles. The number of imidazole rings is 1. The summed E-state index contributed by atoms with van der Waals surface area (Å²) >= 11 is 0. The second-order valence-electron chi connectivity index (χ2n) is 7.08. The van der Waals surface area contributed by atoms with E-state index in [-0.39, 0.29) is 18.2 Å². The smallest absolute Gasteiger partial charge is 0.253 e. The van der Waals surface area contributed by atoms with Crippen molar-refractivity contribution >= 4 is 34.5 Å². The first-order chi connectivity index (χ1) is 14.6. The van der Waals surface area contributed by atoms with E-state index in [0.717, 1.165) is 11.0 Å². The topological polar surface area (TPSA) is 85.7 Å². The molecule has 2 amide bonds. The number of nitrogens with one attached hydrogen (secondary N) is 1. The van der Waals surface area contributed by atoms with E-state index in [1.54, 1.807) is 31.3 Å². The number of para-hydroxylation sites is 4. The van der Waals surface area contributed by atoms with Crippen LogP contribution >= 0.6 is 0 Å². The summed E-state index contributed by atoms with van der Waals surface area (Å²) < 4.78 is 12.3. The van der Waals surface area contributed by atoms with Crippen LogP contribution in [0.4, 0.5) is 11.6 Å². The number of hydrogen-bond acceptors (Lipinski definition) is 5. The third kappa shape index (κ3) is 3.61. The maximum Gasteiger partial charge on any atom is 0.253 e. The van der Waals surface area contributed by atoms with Gasteiger partial charge in [0.05, 0.1) is 30.3 Å². The van der Waals surface area contributed by atoms with E-state index >= 15 is 0 Å². The van der Waals surface area contributed by atoms with Gasteiger partial charge in [-0.15, -0.1) is 0 Å². The number of nitrogens with zero attached hydrogens (tertiary/aromatic N) is 3. The summed E-state index contributed by atoms with van der Waals surface area (Å²) in [5.74, 6) is 0.751. The zero-order chi connectivity index (χ0) is 21.1. The van der Waals surface area contributed by atoms with E-state index in [9.17, 15) is 9.59 Å². The molecule has 2 aromatic carbocycles. The Hall–Kier alpha value is -3.39. The van der Waals surface area contributed by atoms with Gasteiger partial charge in [-0.3, -0.25) is 19.1 Å². The third-order valence-corrected chi connectivity index (χ3v) is 5.17. The van der Waals surface area contributed by atoms with Crippen LogP contribution in [0.2, 0.25) is 0 Å². The van der Waals surface area contributed by atoms with Crippen molar-refractivity contribution in [2.45, 2.75) is 18.9 Å². The molecule has 0 spiro atoms. The number of aromatic nitrogens is 2. The van der Waals surface area contributed by atoms with Crippen LogP contribution in [-0.2, 0) is 14.3 Å². The van der Waals surface area contributed by atoms with Crippen LogP contribution in [-0.4, -0.2) is 48.7 Å². The van der Waals surface area contributed by atoms with Gasteiger partial charge >= 0.3 is 0 Å². The monoisotopic (exact) mass is 408 g/mol. The summed E-state index contributed by atoms with van der Waals surface area (Å²) in [5, 5.41) is 2.86. The summed E-state index contributed by atoms with van der Waals surface area (Å²) in [7, 11) is 3.18. The van der Waals surface area contributed by atoms with Crippen molar-refractivity contribution < 1.29 is 19.1 Å². The van der Waals surface area contributed by atoms with E-state index in [1.807, 2.05) is 41.0 Å². The maximum atomic E-state index is 13.2. The molecule has 1 aliphatic heterocycles. The van der Waals surface area contributed by atoms with Gasteiger partial charge in [-0.1, -0.05) is 24.3 Å². The summed E-state index contributed by atoms with van der Waals surface area (Å²) in [6.07, 6.45) is 0.691. The lowest BCUT2D eigenvalue weighted by Crippen LogP contribution is -2.32. The van der Waals surface area contributed by atoms with Crippen LogP contribution in [0.1, 0.15) is 18.9 Å². The fraction of sp³-hybridized carbons (Fsp3) is 0.318. The van der Waals surface area contributed by atoms with Crippen LogP contribution in [0.3, 0.4) is 0 Å². The van der Waals surface area contributed by atoms with Gasteiger partial charge in [-0.2, -0.15) is 0 Å². The van der Waals surface area contributed by atoms with Gasteiger partial charge in [0.2, 0.25) is 11.9 Å². The van der Waals surface area contributed by atoms with Crippen molar-refractivity contribution in [3.05, 3.63) is 48.5 Å². The zero-order valence-electron chi connectivity index (χ0n) is 17.0. The molecule has 0 bridgehead atoms. The van der Waals surface area contributed by atoms with Crippen LogP contribution in [0.25, 0.3) is 11.0 Å². The van der Waals surface area contributed by atoms with Gasteiger partial charge in [0, 0.05) is 20.3 Å². The van der Waals surface area contributed by atoms with Crippen LogP contribution in [0.5, 0.6) is 5.75 Å². The van der Waals surface area contributed by atoms with Gasteiger partial charge in [-0.05, 0) is 30.7 Å². The number of hydrogen-bond donors (Lipinski definition) is 1. The Kier molecular flexibility index (Phi) is 5.67. The van der Waals surface area contributed by atoms with Crippen molar-refractivity contribution in [1.82, 2.24) is 9.55 Å². The number of fused-ring (bicyclic) bond motifs is 3. The minimum atomic E-state index is -0.648. The Bertz CT molecular complexity index is 1080. The summed E-state index contributed by atoms with van der Waals surface area (Å²) in [6.45, 7) is 1.03. The highest BCUT2D eigenvalue weighted by atomic mass is 16.5. The summed E-state index contributed by atoms with van der Waals surface area (Å²) in [4.78, 5) is 32.3. The second kappa shape index (κ2) is 8.54. The van der Waals surface area contributed by atoms with Crippen molar-refractivity contribution in [2.24, 2.45) is 0 Å². The fourth-order valence-corrected chi connectivity index (χ4v) is 3.80. The van der Waals surface area contributed by atoms with Gasteiger partial charge in [0.25, 0.3) is 5.91 Å². The number of anilines is 2. The lowest BCUT2D eigenvalue weighted by Gasteiger charge is -2.16. The zero-order valence-corrected chi connectivity index (χ0v) is 17.0. The molecule has 0 unspecified atom stereocenters. The fourth-order valence-electron chi connectivity index (χ4n) is 3.80. The largest absolute Gasteiger partial charge is 0.495 e. The highest BCUT2D eigenvalue weighted by Crippen LogP contribution is 2.36. The molecule has 0 radical (unpaired) electrons. The lowest BCUT2D eigenvalue weighted by molar-refractivity contribution is -0.124. The standard InChI is InChI=1S/C22H24N4O4/c1-29-13-7-12-25-21(28)18(26-17-10-5-3-8-15(17)24-22(25)26)14-20(27)23-16-9-4-6-11-19(16)30-2/h3-6,8-11,18H,7,12-14H2,1-2H3,(H,23,27)/t18-/m1/s1. The van der Waals surface area contributed by atoms with Gasteiger partial charge in [0.15, 0.2) is 0 Å². The van der Waals surface area contributed by atoms with Crippen molar-refractivity contribution in [3.63, 3.8) is 0 Å². The molecular formula is C22H24N4O4. The number of rotatable bonds is 8. The Morgan fingerprint density at radius 2 is 1.90 bits per heavy atom. The number of carbonyl (C=O) groups excluding carboxylic acids is 2. The number of amides is 2. The third-order valence-electron chi connectivity index (χ3n) is 5.17. The molecule has 1 atom stereocenters. The predicted octanol–water partition coefficient (Wildman–Crippen LogP) is 3.00. The molecule has 30 heavy (non-hydrogen) atoms. The normalized spacial score (nSPS) is 15.5. The van der Waals surface area contributed by atoms with Gasteiger partial charge < -0.3 is 14.8 Å². The Labute approximate surface area is 174 Å². The molecule has 0 fully saturated rings. The molecule has 156 valence electrons. The molecule has 0 saturated carbocycles. The molecule has 4 rings (SSSR count). The molecule has 1 aromatic heterocycles. The number of methoxy groups -OCH3 is 2. The van der Waals surface area contributed by atoms with Crippen molar-refractivity contribution in [1.29, 1.82) is 0 Å². The molecule has 1 N–H and O–H groups in total.